The fourth-order valence-corrected chi connectivity index (χ4v) is 5.26. The number of carbonyl (C=O) groups is 4. The highest BCUT2D eigenvalue weighted by Crippen LogP contribution is 2.38. The molecule has 2 aromatic rings. The van der Waals surface area contributed by atoms with Gasteiger partial charge in [0.25, 0.3) is 23.6 Å². The highest BCUT2D eigenvalue weighted by Gasteiger charge is 2.31. The van der Waals surface area contributed by atoms with Gasteiger partial charge in [0, 0.05) is 29.3 Å². The third kappa shape index (κ3) is 4.23. The molecular weight excluding hydrogens is 464 g/mol. The topological polar surface area (TPSA) is 74.8 Å². The lowest BCUT2D eigenvalue weighted by Crippen LogP contribution is -2.32. The first kappa shape index (κ1) is 24.6. The molecule has 0 aliphatic carbocycles. The molecule has 0 bridgehead atoms. The van der Waals surface area contributed by atoms with Crippen molar-refractivity contribution in [3.63, 3.8) is 0 Å². The van der Waals surface area contributed by atoms with E-state index >= 15 is 0 Å². The predicted molar refractivity (Wildman–Crippen MR) is 137 cm³/mol. The highest BCUT2D eigenvalue weighted by molar-refractivity contribution is 6.34. The monoisotopic (exact) mass is 490 g/mol. The van der Waals surface area contributed by atoms with Gasteiger partial charge in [0.1, 0.15) is 0 Å². The number of imide groups is 2. The molecule has 0 atom stereocenters. The number of rotatable bonds is 7. The minimum atomic E-state index is -0.359. The second-order valence-electron chi connectivity index (χ2n) is 8.68. The van der Waals surface area contributed by atoms with E-state index in [-0.39, 0.29) is 23.6 Å². The van der Waals surface area contributed by atoms with Crippen LogP contribution in [0, 0.1) is 6.92 Å². The van der Waals surface area contributed by atoms with Crippen molar-refractivity contribution in [1.29, 1.82) is 0 Å². The summed E-state index contributed by atoms with van der Waals surface area (Å²) in [5.74, 6) is -1.38. The van der Waals surface area contributed by atoms with E-state index in [0.717, 1.165) is 33.4 Å². The molecule has 0 saturated carbocycles. The number of benzene rings is 2. The molecule has 35 heavy (non-hydrogen) atoms. The molecule has 0 spiro atoms. The summed E-state index contributed by atoms with van der Waals surface area (Å²) < 4.78 is 0. The molecule has 2 aliphatic rings. The molecule has 0 aromatic heterocycles. The quantitative estimate of drug-likeness (QED) is 0.523. The van der Waals surface area contributed by atoms with Gasteiger partial charge in [-0.1, -0.05) is 50.6 Å². The molecule has 7 heteroatoms. The van der Waals surface area contributed by atoms with E-state index in [2.05, 4.69) is 0 Å². The number of hydrogen-bond acceptors (Lipinski definition) is 4. The number of amides is 4. The number of nitrogens with zero attached hydrogens (tertiary/aromatic N) is 2. The Hall–Kier alpha value is -3.51. The van der Waals surface area contributed by atoms with Gasteiger partial charge < -0.3 is 0 Å². The smallest absolute Gasteiger partial charge is 0.258 e. The zero-order valence-electron chi connectivity index (χ0n) is 20.3. The van der Waals surface area contributed by atoms with E-state index in [1.165, 1.54) is 34.1 Å². The molecule has 2 aliphatic heterocycles. The van der Waals surface area contributed by atoms with Gasteiger partial charge in [-0.25, -0.2) is 9.80 Å². The van der Waals surface area contributed by atoms with Crippen LogP contribution in [0.15, 0.2) is 42.5 Å². The number of carbonyl (C=O) groups excluding carboxylic acids is 4. The van der Waals surface area contributed by atoms with Gasteiger partial charge in [-0.15, -0.1) is 0 Å². The first-order valence-corrected chi connectivity index (χ1v) is 12.2. The highest BCUT2D eigenvalue weighted by atomic mass is 35.5. The summed E-state index contributed by atoms with van der Waals surface area (Å²) in [4.78, 5) is 51.9. The van der Waals surface area contributed by atoms with E-state index in [1.807, 2.05) is 45.9 Å². The van der Waals surface area contributed by atoms with Gasteiger partial charge in [0.15, 0.2) is 0 Å². The Morgan fingerprint density at radius 3 is 1.63 bits per heavy atom. The number of hydrogen-bond donors (Lipinski definition) is 0. The van der Waals surface area contributed by atoms with Gasteiger partial charge >= 0.3 is 0 Å². The molecule has 0 radical (unpaired) electrons. The summed E-state index contributed by atoms with van der Waals surface area (Å²) >= 11 is 6.88. The Balaban J connectivity index is 1.78. The van der Waals surface area contributed by atoms with Crippen LogP contribution >= 0.6 is 11.6 Å². The maximum atomic E-state index is 12.4. The van der Waals surface area contributed by atoms with Crippen LogP contribution in [0.1, 0.15) is 54.2 Å². The maximum absolute atomic E-state index is 12.4. The van der Waals surface area contributed by atoms with Crippen LogP contribution in [0.2, 0.25) is 5.02 Å². The molecule has 4 rings (SSSR count). The average Bonchev–Trinajstić information content (AvgIpc) is 3.34. The number of halogens is 1. The van der Waals surface area contributed by atoms with E-state index in [4.69, 9.17) is 11.6 Å². The second-order valence-corrected chi connectivity index (χ2v) is 9.06. The summed E-state index contributed by atoms with van der Waals surface area (Å²) in [7, 11) is 0. The van der Waals surface area contributed by atoms with Crippen molar-refractivity contribution in [3.05, 3.63) is 80.9 Å². The predicted octanol–water partition coefficient (Wildman–Crippen LogP) is 4.79. The first-order valence-electron chi connectivity index (χ1n) is 11.8. The molecule has 4 amide bonds. The van der Waals surface area contributed by atoms with Crippen LogP contribution in [0.25, 0.3) is 0 Å². The lowest BCUT2D eigenvalue weighted by molar-refractivity contribution is -0.121. The molecule has 2 aromatic carbocycles. The van der Waals surface area contributed by atoms with E-state index < -0.39 is 0 Å². The van der Waals surface area contributed by atoms with Crippen molar-refractivity contribution < 1.29 is 19.2 Å². The maximum Gasteiger partial charge on any atom is 0.258 e. The van der Waals surface area contributed by atoms with Crippen LogP contribution in [-0.2, 0) is 44.9 Å². The van der Waals surface area contributed by atoms with E-state index in [0.29, 0.717) is 42.1 Å². The molecule has 0 unspecified atom stereocenters. The van der Waals surface area contributed by atoms with Crippen LogP contribution < -0.4 is 9.80 Å². The van der Waals surface area contributed by atoms with Gasteiger partial charge in [-0.05, 0) is 66.0 Å². The van der Waals surface area contributed by atoms with Crippen molar-refractivity contribution in [2.45, 2.75) is 53.4 Å². The minimum absolute atomic E-state index is 0.333. The Kier molecular flexibility index (Phi) is 6.77. The molecular formula is C28H27ClN2O4. The number of aryl methyl sites for hydroxylation is 3. The summed E-state index contributed by atoms with van der Waals surface area (Å²) in [5, 5.41) is 0.543. The van der Waals surface area contributed by atoms with Crippen molar-refractivity contribution in [3.8, 4) is 0 Å². The van der Waals surface area contributed by atoms with E-state index in [9.17, 15) is 19.2 Å². The lowest BCUT2D eigenvalue weighted by atomic mass is 9.92. The van der Waals surface area contributed by atoms with Gasteiger partial charge in [0.05, 0.1) is 11.4 Å². The van der Waals surface area contributed by atoms with Gasteiger partial charge in [-0.2, -0.15) is 0 Å². The Bertz CT molecular complexity index is 1300. The Morgan fingerprint density at radius 1 is 0.657 bits per heavy atom. The third-order valence-corrected chi connectivity index (χ3v) is 6.97. The van der Waals surface area contributed by atoms with Gasteiger partial charge in [-0.3, -0.25) is 19.2 Å². The minimum Gasteiger partial charge on any atom is -0.269 e. The molecule has 2 heterocycles. The Labute approximate surface area is 209 Å². The molecule has 0 N–H and O–H groups in total. The molecule has 0 saturated heterocycles. The van der Waals surface area contributed by atoms with Crippen LogP contribution in [0.4, 0.5) is 11.4 Å². The third-order valence-electron chi connectivity index (χ3n) is 6.50. The lowest BCUT2D eigenvalue weighted by Gasteiger charge is -2.25. The Morgan fingerprint density at radius 2 is 1.14 bits per heavy atom. The van der Waals surface area contributed by atoms with Crippen LogP contribution in [0.3, 0.4) is 0 Å². The zero-order valence-corrected chi connectivity index (χ0v) is 21.0. The second kappa shape index (κ2) is 9.62. The fraction of sp³-hybridized carbons (Fsp3) is 0.286. The molecule has 180 valence electrons. The van der Waals surface area contributed by atoms with Crippen LogP contribution in [0.5, 0.6) is 0 Å². The zero-order chi connectivity index (χ0) is 25.4. The normalized spacial score (nSPS) is 15.3. The van der Waals surface area contributed by atoms with Gasteiger partial charge in [0.2, 0.25) is 0 Å². The van der Waals surface area contributed by atoms with Crippen molar-refractivity contribution in [1.82, 2.24) is 0 Å². The largest absolute Gasteiger partial charge is 0.269 e. The van der Waals surface area contributed by atoms with Crippen molar-refractivity contribution in [2.24, 2.45) is 0 Å². The molecule has 6 nitrogen and oxygen atoms in total. The van der Waals surface area contributed by atoms with E-state index in [1.54, 1.807) is 0 Å². The fourth-order valence-electron chi connectivity index (χ4n) is 4.92. The summed E-state index contributed by atoms with van der Waals surface area (Å²) in [6.07, 6.45) is 7.54. The summed E-state index contributed by atoms with van der Waals surface area (Å²) in [5.41, 5.74) is 6.53. The van der Waals surface area contributed by atoms with Crippen molar-refractivity contribution >= 4 is 46.6 Å². The first-order chi connectivity index (χ1) is 16.7. The number of anilines is 2. The van der Waals surface area contributed by atoms with Crippen molar-refractivity contribution in [2.75, 3.05) is 9.80 Å². The summed E-state index contributed by atoms with van der Waals surface area (Å²) in [6, 6.07) is 5.97. The molecule has 0 fully saturated rings. The standard InChI is InChI=1S/C28H27ClN2O4/c1-5-18-13-17(12-16(4)27(18)30-22(32)8-9-23(30)33)14-20-15-19(6-2)28(21(7-3)26(20)29)31-24(34)10-11-25(31)35/h8-13,15H,5-7,14H2,1-4H3. The van der Waals surface area contributed by atoms with Crippen LogP contribution in [-0.4, -0.2) is 23.6 Å². The average molecular weight is 491 g/mol. The summed E-state index contributed by atoms with van der Waals surface area (Å²) in [6.45, 7) is 7.83. The SMILES string of the molecule is CCc1cc(Cc2cc(CC)c(N3C(=O)C=CC3=O)c(CC)c2Cl)cc(C)c1N1C(=O)C=CC1=O.